The van der Waals surface area contributed by atoms with Crippen molar-refractivity contribution in [3.05, 3.63) is 30.1 Å². The highest BCUT2D eigenvalue weighted by Crippen LogP contribution is 2.48. The summed E-state index contributed by atoms with van der Waals surface area (Å²) in [5, 5.41) is 9.54. The van der Waals surface area contributed by atoms with E-state index < -0.39 is 32.1 Å². The van der Waals surface area contributed by atoms with Crippen molar-refractivity contribution in [1.82, 2.24) is 9.62 Å². The molecule has 1 heterocycles. The number of carbonyl (C=O) groups is 2. The number of carboxylic acids is 1. The maximum absolute atomic E-state index is 13.6. The summed E-state index contributed by atoms with van der Waals surface area (Å²) in [6, 6.07) is 5.00. The van der Waals surface area contributed by atoms with Gasteiger partial charge in [-0.05, 0) is 30.9 Å². The molecule has 1 aromatic rings. The zero-order valence-electron chi connectivity index (χ0n) is 14.2. The van der Waals surface area contributed by atoms with Crippen molar-refractivity contribution < 1.29 is 27.5 Å². The van der Waals surface area contributed by atoms with Crippen molar-refractivity contribution in [1.29, 1.82) is 0 Å². The molecule has 1 aliphatic heterocycles. The fraction of sp³-hybridized carbons (Fsp3) is 0.529. The molecule has 7 nitrogen and oxygen atoms in total. The maximum Gasteiger partial charge on any atom is 0.311 e. The third kappa shape index (κ3) is 3.33. The first-order chi connectivity index (χ1) is 12.3. The molecule has 1 saturated carbocycles. The van der Waals surface area contributed by atoms with Crippen LogP contribution in [0.5, 0.6) is 0 Å². The van der Waals surface area contributed by atoms with E-state index in [4.69, 9.17) is 0 Å². The van der Waals surface area contributed by atoms with Crippen LogP contribution in [0, 0.1) is 17.2 Å². The van der Waals surface area contributed by atoms with Crippen LogP contribution in [0.2, 0.25) is 0 Å². The molecule has 2 N–H and O–H groups in total. The van der Waals surface area contributed by atoms with Crippen LogP contribution in [-0.2, 0) is 19.6 Å². The molecule has 0 bridgehead atoms. The number of aliphatic carboxylic acids is 1. The van der Waals surface area contributed by atoms with Gasteiger partial charge in [0.1, 0.15) is 10.7 Å². The molecule has 2 aliphatic rings. The van der Waals surface area contributed by atoms with Crippen molar-refractivity contribution in [2.45, 2.75) is 30.6 Å². The lowest BCUT2D eigenvalue weighted by Crippen LogP contribution is -2.38. The summed E-state index contributed by atoms with van der Waals surface area (Å²) >= 11 is 0. The lowest BCUT2D eigenvalue weighted by molar-refractivity contribution is -0.149. The van der Waals surface area contributed by atoms with E-state index in [0.29, 0.717) is 13.0 Å². The molecule has 142 valence electrons. The van der Waals surface area contributed by atoms with Crippen LogP contribution in [0.25, 0.3) is 0 Å². The highest BCUT2D eigenvalue weighted by molar-refractivity contribution is 7.89. The molecule has 26 heavy (non-hydrogen) atoms. The number of carbonyl (C=O) groups excluding carboxylic acids is 1. The molecule has 2 atom stereocenters. The summed E-state index contributed by atoms with van der Waals surface area (Å²) in [5.74, 6) is -2.06. The fourth-order valence-electron chi connectivity index (χ4n) is 4.02. The molecule has 0 aromatic heterocycles. The molecule has 0 radical (unpaired) electrons. The predicted molar refractivity (Wildman–Crippen MR) is 90.2 cm³/mol. The number of carboxylic acid groups (broad SMARTS) is 1. The Morgan fingerprint density at radius 1 is 1.35 bits per heavy atom. The number of likely N-dealkylation sites (tertiary alicyclic amines) is 1. The smallest absolute Gasteiger partial charge is 0.311 e. The Morgan fingerprint density at radius 3 is 2.73 bits per heavy atom. The van der Waals surface area contributed by atoms with Crippen LogP contribution in [0.15, 0.2) is 29.2 Å². The molecule has 3 rings (SSSR count). The summed E-state index contributed by atoms with van der Waals surface area (Å²) in [4.78, 5) is 25.0. The molecule has 2 fully saturated rings. The Hall–Kier alpha value is -2.00. The number of nitrogens with one attached hydrogen (secondary N) is 1. The maximum atomic E-state index is 13.6. The first-order valence-corrected chi connectivity index (χ1v) is 10.00. The standard InChI is InChI=1S/C17H21FN2O5S/c18-13-5-1-2-6-14(13)26(24,25)19-9-7-15(21)20-10-12-4-3-8-17(12,11-20)16(22)23/h1-2,5-6,12,19H,3-4,7-11H2,(H,22,23)/t12-,17+/m0/s1. The summed E-state index contributed by atoms with van der Waals surface area (Å²) in [6.07, 6.45) is 2.10. The third-order valence-corrected chi connectivity index (χ3v) is 6.90. The van der Waals surface area contributed by atoms with E-state index in [2.05, 4.69) is 4.72 Å². The molecule has 9 heteroatoms. The number of amides is 1. The summed E-state index contributed by atoms with van der Waals surface area (Å²) in [6.45, 7) is 0.397. The number of sulfonamides is 1. The zero-order chi connectivity index (χ0) is 18.9. The molecule has 1 saturated heterocycles. The minimum absolute atomic E-state index is 0.0425. The molecular formula is C17H21FN2O5S. The highest BCUT2D eigenvalue weighted by Gasteiger charge is 2.55. The van der Waals surface area contributed by atoms with E-state index in [1.807, 2.05) is 0 Å². The number of hydrogen-bond donors (Lipinski definition) is 2. The second kappa shape index (κ2) is 6.96. The van der Waals surface area contributed by atoms with Crippen LogP contribution in [0.1, 0.15) is 25.7 Å². The average Bonchev–Trinajstić information content (AvgIpc) is 3.13. The number of hydrogen-bond acceptors (Lipinski definition) is 4. The van der Waals surface area contributed by atoms with Crippen LogP contribution in [0.4, 0.5) is 4.39 Å². The van der Waals surface area contributed by atoms with E-state index >= 15 is 0 Å². The number of rotatable bonds is 6. The van der Waals surface area contributed by atoms with Crippen LogP contribution in [-0.4, -0.2) is 49.9 Å². The largest absolute Gasteiger partial charge is 0.481 e. The van der Waals surface area contributed by atoms with Gasteiger partial charge in [0, 0.05) is 26.1 Å². The van der Waals surface area contributed by atoms with Gasteiger partial charge in [-0.1, -0.05) is 18.6 Å². The topological polar surface area (TPSA) is 104 Å². The van der Waals surface area contributed by atoms with E-state index in [-0.39, 0.29) is 31.3 Å². The predicted octanol–water partition coefficient (Wildman–Crippen LogP) is 1.21. The molecule has 1 amide bonds. The van der Waals surface area contributed by atoms with Gasteiger partial charge < -0.3 is 10.0 Å². The van der Waals surface area contributed by atoms with Crippen molar-refractivity contribution in [2.75, 3.05) is 19.6 Å². The number of fused-ring (bicyclic) bond motifs is 1. The Kier molecular flexibility index (Phi) is 5.03. The second-order valence-electron chi connectivity index (χ2n) is 6.90. The Bertz CT molecular complexity index is 828. The SMILES string of the molecule is O=C(CCNS(=O)(=O)c1ccccc1F)N1C[C@@H]2CCC[C@@]2(C(=O)O)C1. The van der Waals surface area contributed by atoms with Crippen molar-refractivity contribution in [3.8, 4) is 0 Å². The molecule has 1 aliphatic carbocycles. The zero-order valence-corrected chi connectivity index (χ0v) is 15.0. The van der Waals surface area contributed by atoms with E-state index in [9.17, 15) is 27.5 Å². The number of nitrogens with zero attached hydrogens (tertiary/aromatic N) is 1. The van der Waals surface area contributed by atoms with Gasteiger partial charge in [0.15, 0.2) is 0 Å². The quantitative estimate of drug-likeness (QED) is 0.767. The van der Waals surface area contributed by atoms with Crippen LogP contribution < -0.4 is 4.72 Å². The highest BCUT2D eigenvalue weighted by atomic mass is 32.2. The molecule has 1 aromatic carbocycles. The van der Waals surface area contributed by atoms with E-state index in [0.717, 1.165) is 25.0 Å². The molecular weight excluding hydrogens is 363 g/mol. The van der Waals surface area contributed by atoms with Gasteiger partial charge in [-0.2, -0.15) is 0 Å². The number of benzene rings is 1. The fourth-order valence-corrected chi connectivity index (χ4v) is 5.13. The Morgan fingerprint density at radius 2 is 2.08 bits per heavy atom. The van der Waals surface area contributed by atoms with Gasteiger partial charge in [0.25, 0.3) is 0 Å². The van der Waals surface area contributed by atoms with Crippen LogP contribution in [0.3, 0.4) is 0 Å². The number of halogens is 1. The van der Waals surface area contributed by atoms with Crippen molar-refractivity contribution in [2.24, 2.45) is 11.3 Å². The van der Waals surface area contributed by atoms with Gasteiger partial charge >= 0.3 is 5.97 Å². The van der Waals surface area contributed by atoms with Gasteiger partial charge in [0.2, 0.25) is 15.9 Å². The first kappa shape index (κ1) is 18.8. The minimum atomic E-state index is -4.04. The summed E-state index contributed by atoms with van der Waals surface area (Å²) in [5.41, 5.74) is -0.859. The Labute approximate surface area is 151 Å². The normalized spacial score (nSPS) is 25.3. The Balaban J connectivity index is 1.57. The van der Waals surface area contributed by atoms with Gasteiger partial charge in [-0.15, -0.1) is 0 Å². The minimum Gasteiger partial charge on any atom is -0.481 e. The lowest BCUT2D eigenvalue weighted by atomic mass is 9.81. The average molecular weight is 384 g/mol. The molecule has 0 spiro atoms. The molecule has 0 unspecified atom stereocenters. The first-order valence-electron chi connectivity index (χ1n) is 8.52. The second-order valence-corrected chi connectivity index (χ2v) is 8.64. The van der Waals surface area contributed by atoms with Crippen LogP contribution >= 0.6 is 0 Å². The summed E-state index contributed by atoms with van der Waals surface area (Å²) in [7, 11) is -4.04. The van der Waals surface area contributed by atoms with Crippen molar-refractivity contribution in [3.63, 3.8) is 0 Å². The van der Waals surface area contributed by atoms with Gasteiger partial charge in [-0.25, -0.2) is 17.5 Å². The lowest BCUT2D eigenvalue weighted by Gasteiger charge is -2.23. The van der Waals surface area contributed by atoms with Gasteiger partial charge in [0.05, 0.1) is 5.41 Å². The third-order valence-electron chi connectivity index (χ3n) is 5.41. The van der Waals surface area contributed by atoms with Gasteiger partial charge in [-0.3, -0.25) is 9.59 Å². The van der Waals surface area contributed by atoms with Crippen molar-refractivity contribution >= 4 is 21.9 Å². The summed E-state index contributed by atoms with van der Waals surface area (Å²) < 4.78 is 40.0. The van der Waals surface area contributed by atoms with E-state index in [1.54, 1.807) is 0 Å². The van der Waals surface area contributed by atoms with E-state index in [1.165, 1.54) is 17.0 Å². The monoisotopic (exact) mass is 384 g/mol.